The summed E-state index contributed by atoms with van der Waals surface area (Å²) in [7, 11) is -3.54. The van der Waals surface area contributed by atoms with Crippen molar-refractivity contribution < 1.29 is 13.2 Å². The van der Waals surface area contributed by atoms with Crippen molar-refractivity contribution in [1.82, 2.24) is 14.3 Å². The number of hydrogen-bond acceptors (Lipinski definition) is 5. The number of amides is 1. The normalized spacial score (nSPS) is 15.6. The molecule has 1 aliphatic rings. The summed E-state index contributed by atoms with van der Waals surface area (Å²) in [6.45, 7) is 4.59. The number of rotatable bonds is 5. The molecule has 0 atom stereocenters. The van der Waals surface area contributed by atoms with Crippen LogP contribution in [0.2, 0.25) is 0 Å². The molecule has 2 aromatic heterocycles. The van der Waals surface area contributed by atoms with Crippen LogP contribution in [0.5, 0.6) is 0 Å². The summed E-state index contributed by atoms with van der Waals surface area (Å²) in [5.41, 5.74) is 4.98. The molecule has 9 heteroatoms. The number of carbonyl (C=O) groups is 1. The summed E-state index contributed by atoms with van der Waals surface area (Å²) in [4.78, 5) is 21.2. The number of H-pyrrole nitrogens is 1. The van der Waals surface area contributed by atoms with Gasteiger partial charge in [-0.25, -0.2) is 13.4 Å². The maximum absolute atomic E-state index is 12.9. The van der Waals surface area contributed by atoms with E-state index < -0.39 is 10.0 Å². The molecule has 0 spiro atoms. The largest absolute Gasteiger partial charge is 0.358 e. The molecule has 2 N–H and O–H groups in total. The monoisotopic (exact) mass is 494 g/mol. The molecule has 7 nitrogen and oxygen atoms in total. The highest BCUT2D eigenvalue weighted by atomic mass is 32.2. The summed E-state index contributed by atoms with van der Waals surface area (Å²) < 4.78 is 27.3. The highest BCUT2D eigenvalue weighted by molar-refractivity contribution is 7.89. The van der Waals surface area contributed by atoms with E-state index in [4.69, 9.17) is 0 Å². The molecule has 1 saturated heterocycles. The van der Waals surface area contributed by atoms with Crippen molar-refractivity contribution in [2.75, 3.05) is 18.4 Å². The molecule has 1 aliphatic heterocycles. The lowest BCUT2D eigenvalue weighted by Gasteiger charge is -2.30. The average Bonchev–Trinajstić information content (AvgIpc) is 3.42. The first-order valence-electron chi connectivity index (χ1n) is 11.2. The van der Waals surface area contributed by atoms with Gasteiger partial charge < -0.3 is 10.3 Å². The van der Waals surface area contributed by atoms with Gasteiger partial charge in [0.05, 0.1) is 10.6 Å². The SMILES string of the molecule is Cc1ccc(S(=O)(=O)N2CCC(C(=O)Nc3nc(-c4c(C)[nH]c5ccccc45)cs3)CC2)cc1. The fourth-order valence-electron chi connectivity index (χ4n) is 4.48. The average molecular weight is 495 g/mol. The molecule has 4 aromatic rings. The Labute approximate surface area is 202 Å². The molecular weight excluding hydrogens is 468 g/mol. The Bertz CT molecular complexity index is 1450. The van der Waals surface area contributed by atoms with E-state index in [1.807, 2.05) is 37.4 Å². The van der Waals surface area contributed by atoms with E-state index in [1.165, 1.54) is 15.6 Å². The van der Waals surface area contributed by atoms with Crippen LogP contribution < -0.4 is 5.32 Å². The molecule has 1 amide bonds. The van der Waals surface area contributed by atoms with Crippen molar-refractivity contribution >= 4 is 43.3 Å². The molecule has 176 valence electrons. The number of piperidine rings is 1. The molecular formula is C25H26N4O3S2. The molecule has 0 radical (unpaired) electrons. The van der Waals surface area contributed by atoms with Crippen LogP contribution in [0, 0.1) is 19.8 Å². The number of anilines is 1. The van der Waals surface area contributed by atoms with Crippen LogP contribution in [0.25, 0.3) is 22.2 Å². The lowest BCUT2D eigenvalue weighted by Crippen LogP contribution is -2.41. The third-order valence-electron chi connectivity index (χ3n) is 6.37. The Morgan fingerprint density at radius 1 is 1.09 bits per heavy atom. The quantitative estimate of drug-likeness (QED) is 0.410. The maximum atomic E-state index is 12.9. The van der Waals surface area contributed by atoms with Crippen LogP contribution in [-0.2, 0) is 14.8 Å². The predicted octanol–water partition coefficient (Wildman–Crippen LogP) is 4.95. The highest BCUT2D eigenvalue weighted by Gasteiger charge is 2.32. The van der Waals surface area contributed by atoms with Crippen molar-refractivity contribution in [1.29, 1.82) is 0 Å². The summed E-state index contributed by atoms with van der Waals surface area (Å²) in [5.74, 6) is -0.351. The van der Waals surface area contributed by atoms with Gasteiger partial charge >= 0.3 is 0 Å². The van der Waals surface area contributed by atoms with Gasteiger partial charge in [0.25, 0.3) is 0 Å². The number of fused-ring (bicyclic) bond motifs is 1. The third kappa shape index (κ3) is 4.26. The molecule has 1 fully saturated rings. The number of aryl methyl sites for hydroxylation is 2. The van der Waals surface area contributed by atoms with Crippen molar-refractivity contribution in [2.24, 2.45) is 5.92 Å². The fraction of sp³-hybridized carbons (Fsp3) is 0.280. The first kappa shape index (κ1) is 22.8. The van der Waals surface area contributed by atoms with Crippen LogP contribution in [-0.4, -0.2) is 41.7 Å². The Hall–Kier alpha value is -3.01. The first-order valence-corrected chi connectivity index (χ1v) is 13.6. The number of aromatic amines is 1. The van der Waals surface area contributed by atoms with Crippen LogP contribution in [0.1, 0.15) is 24.1 Å². The van der Waals surface area contributed by atoms with Gasteiger partial charge in [0.15, 0.2) is 5.13 Å². The molecule has 0 saturated carbocycles. The third-order valence-corrected chi connectivity index (χ3v) is 9.04. The maximum Gasteiger partial charge on any atom is 0.243 e. The standard InChI is InChI=1S/C25H26N4O3S2/c1-16-7-9-19(10-8-16)34(31,32)29-13-11-18(12-14-29)24(30)28-25-27-22(15-33-25)23-17(2)26-21-6-4-3-5-20(21)23/h3-10,15,18,26H,11-14H2,1-2H3,(H,27,28,30). The molecule has 5 rings (SSSR count). The molecule has 34 heavy (non-hydrogen) atoms. The van der Waals surface area contributed by atoms with Gasteiger partial charge in [-0.2, -0.15) is 4.31 Å². The topological polar surface area (TPSA) is 95.2 Å². The fourth-order valence-corrected chi connectivity index (χ4v) is 6.65. The van der Waals surface area contributed by atoms with Crippen molar-refractivity contribution in [3.8, 4) is 11.3 Å². The van der Waals surface area contributed by atoms with Gasteiger partial charge in [0.1, 0.15) is 0 Å². The Morgan fingerprint density at radius 2 is 1.79 bits per heavy atom. The minimum absolute atomic E-state index is 0.107. The number of carbonyl (C=O) groups excluding carboxylic acids is 1. The minimum Gasteiger partial charge on any atom is -0.358 e. The minimum atomic E-state index is -3.54. The smallest absolute Gasteiger partial charge is 0.243 e. The summed E-state index contributed by atoms with van der Waals surface area (Å²) in [5, 5.41) is 6.55. The second-order valence-electron chi connectivity index (χ2n) is 8.69. The predicted molar refractivity (Wildman–Crippen MR) is 135 cm³/mol. The van der Waals surface area contributed by atoms with Crippen LogP contribution >= 0.6 is 11.3 Å². The number of nitrogens with one attached hydrogen (secondary N) is 2. The molecule has 2 aromatic carbocycles. The summed E-state index contributed by atoms with van der Waals surface area (Å²) in [6, 6.07) is 15.0. The van der Waals surface area contributed by atoms with Crippen molar-refractivity contribution in [3.05, 3.63) is 65.2 Å². The first-order chi connectivity index (χ1) is 16.3. The molecule has 0 bridgehead atoms. The van der Waals surface area contributed by atoms with E-state index >= 15 is 0 Å². The Morgan fingerprint density at radius 3 is 2.53 bits per heavy atom. The van der Waals surface area contributed by atoms with Gasteiger partial charge in [0, 0.05) is 46.5 Å². The lowest BCUT2D eigenvalue weighted by atomic mass is 9.97. The number of para-hydroxylation sites is 1. The van der Waals surface area contributed by atoms with Gasteiger partial charge in [-0.05, 0) is 44.9 Å². The number of sulfonamides is 1. The Kier molecular flexibility index (Phi) is 6.01. The van der Waals surface area contributed by atoms with E-state index in [9.17, 15) is 13.2 Å². The second kappa shape index (κ2) is 8.98. The number of thiazole rings is 1. The van der Waals surface area contributed by atoms with Crippen LogP contribution in [0.4, 0.5) is 5.13 Å². The zero-order valence-corrected chi connectivity index (χ0v) is 20.7. The van der Waals surface area contributed by atoms with Gasteiger partial charge in [-0.3, -0.25) is 4.79 Å². The molecule has 3 heterocycles. The number of benzene rings is 2. The highest BCUT2D eigenvalue weighted by Crippen LogP contribution is 2.34. The van der Waals surface area contributed by atoms with E-state index in [0.29, 0.717) is 36.0 Å². The van der Waals surface area contributed by atoms with E-state index in [2.05, 4.69) is 21.4 Å². The molecule has 0 unspecified atom stereocenters. The van der Waals surface area contributed by atoms with Crippen molar-refractivity contribution in [2.45, 2.75) is 31.6 Å². The Balaban J connectivity index is 1.24. The number of hydrogen-bond donors (Lipinski definition) is 2. The van der Waals surface area contributed by atoms with E-state index in [1.54, 1.807) is 24.3 Å². The van der Waals surface area contributed by atoms with Crippen molar-refractivity contribution in [3.63, 3.8) is 0 Å². The number of nitrogens with zero attached hydrogens (tertiary/aromatic N) is 2. The molecule has 0 aliphatic carbocycles. The van der Waals surface area contributed by atoms with Crippen LogP contribution in [0.15, 0.2) is 58.8 Å². The zero-order valence-electron chi connectivity index (χ0n) is 19.0. The van der Waals surface area contributed by atoms with Gasteiger partial charge in [-0.15, -0.1) is 11.3 Å². The summed E-state index contributed by atoms with van der Waals surface area (Å²) >= 11 is 1.40. The van der Waals surface area contributed by atoms with Gasteiger partial charge in [0.2, 0.25) is 15.9 Å². The van der Waals surface area contributed by atoms with E-state index in [-0.39, 0.29) is 11.8 Å². The zero-order chi connectivity index (χ0) is 23.9. The second-order valence-corrected chi connectivity index (χ2v) is 11.5. The van der Waals surface area contributed by atoms with E-state index in [0.717, 1.165) is 33.4 Å². The summed E-state index contributed by atoms with van der Waals surface area (Å²) in [6.07, 6.45) is 0.966. The lowest BCUT2D eigenvalue weighted by molar-refractivity contribution is -0.120. The number of aromatic nitrogens is 2. The van der Waals surface area contributed by atoms with Gasteiger partial charge in [-0.1, -0.05) is 35.9 Å². The van der Waals surface area contributed by atoms with Crippen LogP contribution in [0.3, 0.4) is 0 Å².